The lowest BCUT2D eigenvalue weighted by atomic mass is 10.1. The van der Waals surface area contributed by atoms with Gasteiger partial charge in [0.25, 0.3) is 0 Å². The fraction of sp³-hybridized carbons (Fsp3) is 0.261. The van der Waals surface area contributed by atoms with E-state index in [1.807, 2.05) is 22.9 Å². The summed E-state index contributed by atoms with van der Waals surface area (Å²) in [5.74, 6) is 1.54. The summed E-state index contributed by atoms with van der Waals surface area (Å²) in [6.07, 6.45) is 3.12. The number of hydrogen-bond acceptors (Lipinski definition) is 6. The maximum Gasteiger partial charge on any atom is 0.204 e. The van der Waals surface area contributed by atoms with Crippen molar-refractivity contribution in [3.05, 3.63) is 69.8 Å². The van der Waals surface area contributed by atoms with Gasteiger partial charge in [-0.3, -0.25) is 10.4 Å². The molecule has 0 radical (unpaired) electrons. The van der Waals surface area contributed by atoms with Crippen LogP contribution in [0.3, 0.4) is 0 Å². The number of hydrogen-bond donors (Lipinski definition) is 1. The predicted octanol–water partition coefficient (Wildman–Crippen LogP) is 3.92. The van der Waals surface area contributed by atoms with E-state index in [1.54, 1.807) is 32.7 Å². The Labute approximate surface area is 180 Å². The van der Waals surface area contributed by atoms with Crippen molar-refractivity contribution in [3.8, 4) is 22.8 Å². The molecule has 0 saturated carbocycles. The molecule has 0 spiro atoms. The van der Waals surface area contributed by atoms with Gasteiger partial charge in [-0.1, -0.05) is 30.3 Å². The average Bonchev–Trinajstić information content (AvgIpc) is 3.38. The molecule has 1 aliphatic rings. The predicted molar refractivity (Wildman–Crippen MR) is 121 cm³/mol. The molecule has 1 heterocycles. The van der Waals surface area contributed by atoms with E-state index in [4.69, 9.17) is 19.2 Å². The van der Waals surface area contributed by atoms with Gasteiger partial charge in [-0.25, -0.2) is 4.68 Å². The summed E-state index contributed by atoms with van der Waals surface area (Å²) < 4.78 is 18.3. The largest absolute Gasteiger partial charge is 0.497 e. The molecule has 1 N–H and O–H groups in total. The van der Waals surface area contributed by atoms with Crippen molar-refractivity contribution < 1.29 is 14.2 Å². The van der Waals surface area contributed by atoms with E-state index in [9.17, 15) is 0 Å². The molecule has 7 heteroatoms. The second kappa shape index (κ2) is 9.19. The second-order valence-corrected chi connectivity index (χ2v) is 7.61. The number of rotatable bonds is 8. The molecule has 0 bridgehead atoms. The first kappa shape index (κ1) is 20.3. The van der Waals surface area contributed by atoms with Crippen LogP contribution in [0.2, 0.25) is 0 Å². The number of allylic oxidation sites excluding steroid dienone is 1. The first-order valence-corrected chi connectivity index (χ1v) is 10.6. The minimum Gasteiger partial charge on any atom is -0.497 e. The minimum atomic E-state index is 0.571. The maximum atomic E-state index is 5.63. The Morgan fingerprint density at radius 1 is 1.07 bits per heavy atom. The van der Waals surface area contributed by atoms with E-state index < -0.39 is 0 Å². The standard InChI is InChI=1S/C23H25N3O3S/c1-27-13-12-24-23-26(25-20-10-8-16-6-4-5-7-18(16)20)21(15-30-23)19-14-17(28-2)9-11-22(19)29-3/h4-7,9-11,14-15,25H,8,12-13H2,1-3H3. The number of aromatic nitrogens is 1. The van der Waals surface area contributed by atoms with Crippen LogP contribution in [0.15, 0.2) is 58.9 Å². The quantitative estimate of drug-likeness (QED) is 0.558. The zero-order valence-electron chi connectivity index (χ0n) is 17.3. The van der Waals surface area contributed by atoms with Gasteiger partial charge in [0.15, 0.2) is 0 Å². The SMILES string of the molecule is COCCN=c1scc(-c2cc(OC)ccc2OC)n1NC1=CCc2ccccc21. The van der Waals surface area contributed by atoms with Gasteiger partial charge in [-0.05, 0) is 30.2 Å². The van der Waals surface area contributed by atoms with Crippen LogP contribution in [0.25, 0.3) is 17.0 Å². The molecule has 0 amide bonds. The van der Waals surface area contributed by atoms with E-state index in [1.165, 1.54) is 11.1 Å². The lowest BCUT2D eigenvalue weighted by Gasteiger charge is -2.16. The van der Waals surface area contributed by atoms with Crippen molar-refractivity contribution in [2.45, 2.75) is 6.42 Å². The molecule has 156 valence electrons. The summed E-state index contributed by atoms with van der Waals surface area (Å²) in [4.78, 5) is 5.59. The molecule has 6 nitrogen and oxygen atoms in total. The fourth-order valence-corrected chi connectivity index (χ4v) is 4.34. The smallest absolute Gasteiger partial charge is 0.204 e. The summed E-state index contributed by atoms with van der Waals surface area (Å²) >= 11 is 1.57. The molecule has 1 aromatic heterocycles. The lowest BCUT2D eigenvalue weighted by molar-refractivity contribution is 0.207. The molecular weight excluding hydrogens is 398 g/mol. The molecule has 3 aromatic rings. The van der Waals surface area contributed by atoms with Gasteiger partial charge < -0.3 is 14.2 Å². The van der Waals surface area contributed by atoms with Gasteiger partial charge in [0, 0.05) is 23.6 Å². The summed E-state index contributed by atoms with van der Waals surface area (Å²) in [5, 5.41) is 2.08. The Kier molecular flexibility index (Phi) is 6.21. The number of thiazole rings is 1. The van der Waals surface area contributed by atoms with Crippen LogP contribution >= 0.6 is 11.3 Å². The van der Waals surface area contributed by atoms with Gasteiger partial charge in [0.2, 0.25) is 4.80 Å². The molecule has 0 unspecified atom stereocenters. The highest BCUT2D eigenvalue weighted by molar-refractivity contribution is 7.07. The van der Waals surface area contributed by atoms with Crippen molar-refractivity contribution in [2.24, 2.45) is 4.99 Å². The summed E-state index contributed by atoms with van der Waals surface area (Å²) in [5.41, 5.74) is 9.07. The highest BCUT2D eigenvalue weighted by Crippen LogP contribution is 2.34. The lowest BCUT2D eigenvalue weighted by Crippen LogP contribution is -2.26. The van der Waals surface area contributed by atoms with E-state index in [0.29, 0.717) is 13.2 Å². The van der Waals surface area contributed by atoms with Crippen LogP contribution < -0.4 is 19.7 Å². The van der Waals surface area contributed by atoms with Crippen molar-refractivity contribution in [1.29, 1.82) is 0 Å². The summed E-state index contributed by atoms with van der Waals surface area (Å²) in [6.45, 7) is 1.16. The first-order valence-electron chi connectivity index (χ1n) is 9.73. The van der Waals surface area contributed by atoms with E-state index in [-0.39, 0.29) is 0 Å². The average molecular weight is 424 g/mol. The van der Waals surface area contributed by atoms with Crippen molar-refractivity contribution in [3.63, 3.8) is 0 Å². The third-order valence-corrected chi connectivity index (χ3v) is 5.86. The number of benzene rings is 2. The minimum absolute atomic E-state index is 0.571. The summed E-state index contributed by atoms with van der Waals surface area (Å²) in [6, 6.07) is 14.2. The third kappa shape index (κ3) is 3.99. The fourth-order valence-electron chi connectivity index (χ4n) is 3.47. The monoisotopic (exact) mass is 423 g/mol. The van der Waals surface area contributed by atoms with Crippen molar-refractivity contribution >= 4 is 17.0 Å². The number of fused-ring (bicyclic) bond motifs is 1. The van der Waals surface area contributed by atoms with Crippen LogP contribution in [-0.2, 0) is 11.2 Å². The van der Waals surface area contributed by atoms with E-state index in [2.05, 4.69) is 41.1 Å². The zero-order valence-corrected chi connectivity index (χ0v) is 18.2. The summed E-state index contributed by atoms with van der Waals surface area (Å²) in [7, 11) is 5.02. The second-order valence-electron chi connectivity index (χ2n) is 6.77. The van der Waals surface area contributed by atoms with Crippen LogP contribution in [-0.4, -0.2) is 39.2 Å². The van der Waals surface area contributed by atoms with E-state index >= 15 is 0 Å². The zero-order chi connectivity index (χ0) is 20.9. The van der Waals surface area contributed by atoms with Gasteiger partial charge in [0.1, 0.15) is 11.5 Å². The Balaban J connectivity index is 1.81. The molecule has 4 rings (SSSR count). The van der Waals surface area contributed by atoms with Crippen LogP contribution in [0, 0.1) is 0 Å². The molecule has 2 aromatic carbocycles. The van der Waals surface area contributed by atoms with Crippen molar-refractivity contribution in [1.82, 2.24) is 4.68 Å². The molecule has 1 aliphatic carbocycles. The maximum absolute atomic E-state index is 5.63. The third-order valence-electron chi connectivity index (χ3n) is 5.00. The highest BCUT2D eigenvalue weighted by atomic mass is 32.1. The molecule has 0 atom stereocenters. The Morgan fingerprint density at radius 2 is 1.93 bits per heavy atom. The molecule has 0 fully saturated rings. The van der Waals surface area contributed by atoms with Crippen LogP contribution in [0.1, 0.15) is 11.1 Å². The highest BCUT2D eigenvalue weighted by Gasteiger charge is 2.18. The Bertz CT molecular complexity index is 1130. The number of nitrogens with zero attached hydrogens (tertiary/aromatic N) is 2. The number of ether oxygens (including phenoxy) is 3. The normalized spacial score (nSPS) is 13.2. The molecule has 0 saturated heterocycles. The Morgan fingerprint density at radius 3 is 2.73 bits per heavy atom. The van der Waals surface area contributed by atoms with Crippen LogP contribution in [0.4, 0.5) is 0 Å². The first-order chi connectivity index (χ1) is 14.7. The topological polar surface area (TPSA) is 57.0 Å². The number of methoxy groups -OCH3 is 3. The number of nitrogens with one attached hydrogen (secondary N) is 1. The van der Waals surface area contributed by atoms with Gasteiger partial charge >= 0.3 is 0 Å². The van der Waals surface area contributed by atoms with Gasteiger partial charge in [-0.2, -0.15) is 0 Å². The molecular formula is C23H25N3O3S. The van der Waals surface area contributed by atoms with Crippen molar-refractivity contribution in [2.75, 3.05) is 39.9 Å². The van der Waals surface area contributed by atoms with Gasteiger partial charge in [0.05, 0.1) is 38.8 Å². The Hall–Kier alpha value is -3.03. The van der Waals surface area contributed by atoms with E-state index in [0.717, 1.165) is 39.7 Å². The van der Waals surface area contributed by atoms with Gasteiger partial charge in [-0.15, -0.1) is 11.3 Å². The molecule has 30 heavy (non-hydrogen) atoms. The molecule has 0 aliphatic heterocycles. The van der Waals surface area contributed by atoms with Crippen LogP contribution in [0.5, 0.6) is 11.5 Å².